The molecule has 0 aliphatic heterocycles. The molecule has 0 spiro atoms. The van der Waals surface area contributed by atoms with Crippen molar-refractivity contribution in [1.82, 2.24) is 14.8 Å². The summed E-state index contributed by atoms with van der Waals surface area (Å²) in [5.41, 5.74) is 0.133. The van der Waals surface area contributed by atoms with Crippen molar-refractivity contribution in [3.8, 4) is 0 Å². The maximum Gasteiger partial charge on any atom is 0.344 e. The van der Waals surface area contributed by atoms with Crippen LogP contribution < -0.4 is 11.2 Å². The van der Waals surface area contributed by atoms with E-state index in [1.165, 1.54) is 4.68 Å². The fourth-order valence-electron chi connectivity index (χ4n) is 2.30. The number of fused-ring (bicyclic) bond motifs is 1. The van der Waals surface area contributed by atoms with Crippen molar-refractivity contribution in [2.45, 2.75) is 13.0 Å². The molecule has 1 N–H and O–H groups in total. The van der Waals surface area contributed by atoms with Crippen molar-refractivity contribution in [3.63, 3.8) is 0 Å². The average Bonchev–Trinajstić information content (AvgIpc) is 2.49. The quantitative estimate of drug-likeness (QED) is 0.790. The van der Waals surface area contributed by atoms with Gasteiger partial charge < -0.3 is 0 Å². The molecule has 0 radical (unpaired) electrons. The van der Waals surface area contributed by atoms with Crippen LogP contribution in [0, 0.1) is 0 Å². The molecule has 1 heterocycles. The fourth-order valence-corrected chi connectivity index (χ4v) is 2.59. The molecule has 6 heteroatoms. The number of aromatic amines is 1. The van der Waals surface area contributed by atoms with Gasteiger partial charge in [0.1, 0.15) is 0 Å². The van der Waals surface area contributed by atoms with Crippen LogP contribution in [0.25, 0.3) is 10.8 Å². The SMILES string of the molecule is O=c1[nH]c(=O)n(CCc2cccc3ccccc23)nc1Br. The molecule has 1 aromatic heterocycles. The largest absolute Gasteiger partial charge is 0.344 e. The zero-order chi connectivity index (χ0) is 14.8. The molecule has 2 aromatic carbocycles. The lowest BCUT2D eigenvalue weighted by Gasteiger charge is -2.07. The Morgan fingerprint density at radius 2 is 1.86 bits per heavy atom. The number of halogens is 1. The van der Waals surface area contributed by atoms with Gasteiger partial charge in [-0.25, -0.2) is 9.48 Å². The van der Waals surface area contributed by atoms with Crippen LogP contribution in [-0.2, 0) is 13.0 Å². The smallest absolute Gasteiger partial charge is 0.270 e. The first-order valence-electron chi connectivity index (χ1n) is 6.49. The van der Waals surface area contributed by atoms with Gasteiger partial charge in [0.15, 0.2) is 4.60 Å². The third-order valence-corrected chi connectivity index (χ3v) is 3.84. The normalized spacial score (nSPS) is 10.9. The second kappa shape index (κ2) is 5.65. The Hall–Kier alpha value is -2.21. The fraction of sp³-hybridized carbons (Fsp3) is 0.133. The highest BCUT2D eigenvalue weighted by atomic mass is 79.9. The summed E-state index contributed by atoms with van der Waals surface area (Å²) < 4.78 is 1.37. The minimum absolute atomic E-state index is 0.111. The van der Waals surface area contributed by atoms with E-state index in [9.17, 15) is 9.59 Å². The second-order valence-corrected chi connectivity index (χ2v) is 5.41. The second-order valence-electron chi connectivity index (χ2n) is 4.66. The number of hydrogen-bond donors (Lipinski definition) is 1. The van der Waals surface area contributed by atoms with Gasteiger partial charge in [-0.15, -0.1) is 0 Å². The van der Waals surface area contributed by atoms with Crippen molar-refractivity contribution in [3.05, 3.63) is 73.5 Å². The summed E-state index contributed by atoms with van der Waals surface area (Å²) in [5, 5.41) is 6.27. The lowest BCUT2D eigenvalue weighted by atomic mass is 10.0. The molecule has 3 aromatic rings. The topological polar surface area (TPSA) is 67.8 Å². The van der Waals surface area contributed by atoms with Crippen molar-refractivity contribution < 1.29 is 0 Å². The molecule has 0 atom stereocenters. The molecule has 5 nitrogen and oxygen atoms in total. The van der Waals surface area contributed by atoms with Gasteiger partial charge in [0.05, 0.1) is 6.54 Å². The van der Waals surface area contributed by atoms with E-state index in [2.05, 4.69) is 44.2 Å². The summed E-state index contributed by atoms with van der Waals surface area (Å²) in [5.74, 6) is 0. The number of rotatable bonds is 3. The van der Waals surface area contributed by atoms with Gasteiger partial charge in [-0.05, 0) is 38.7 Å². The Bertz CT molecular complexity index is 909. The molecule has 3 rings (SSSR count). The van der Waals surface area contributed by atoms with Crippen LogP contribution in [0.3, 0.4) is 0 Å². The van der Waals surface area contributed by atoms with Crippen LogP contribution in [0.15, 0.2) is 56.7 Å². The Morgan fingerprint density at radius 1 is 1.10 bits per heavy atom. The monoisotopic (exact) mass is 345 g/mol. The number of nitrogens with zero attached hydrogens (tertiary/aromatic N) is 2. The molecule has 106 valence electrons. The summed E-state index contributed by atoms with van der Waals surface area (Å²) in [6.45, 7) is 0.405. The predicted octanol–water partition coefficient (Wildman–Crippen LogP) is 2.09. The molecule has 21 heavy (non-hydrogen) atoms. The minimum atomic E-state index is -0.513. The first-order valence-corrected chi connectivity index (χ1v) is 7.28. The third kappa shape index (κ3) is 2.80. The number of hydrogen-bond acceptors (Lipinski definition) is 3. The van der Waals surface area contributed by atoms with Crippen LogP contribution in [-0.4, -0.2) is 14.8 Å². The zero-order valence-corrected chi connectivity index (χ0v) is 12.6. The molecular formula is C15H12BrN3O2. The van der Waals surface area contributed by atoms with Crippen molar-refractivity contribution in [1.29, 1.82) is 0 Å². The maximum atomic E-state index is 11.7. The van der Waals surface area contributed by atoms with E-state index >= 15 is 0 Å². The summed E-state index contributed by atoms with van der Waals surface area (Å²) in [4.78, 5) is 25.2. The Labute approximate surface area is 128 Å². The van der Waals surface area contributed by atoms with E-state index < -0.39 is 11.2 Å². The first-order chi connectivity index (χ1) is 10.1. The molecule has 0 unspecified atom stereocenters. The summed E-state index contributed by atoms with van der Waals surface area (Å²) >= 11 is 3.03. The summed E-state index contributed by atoms with van der Waals surface area (Å²) in [6, 6.07) is 14.2. The van der Waals surface area contributed by atoms with Gasteiger partial charge in [-0.2, -0.15) is 5.10 Å². The summed E-state index contributed by atoms with van der Waals surface area (Å²) in [7, 11) is 0. The zero-order valence-electron chi connectivity index (χ0n) is 11.0. The molecule has 0 amide bonds. The average molecular weight is 346 g/mol. The van der Waals surface area contributed by atoms with Gasteiger partial charge in [0.25, 0.3) is 5.56 Å². The molecule has 0 bridgehead atoms. The number of aryl methyl sites for hydroxylation is 2. The van der Waals surface area contributed by atoms with Gasteiger partial charge in [-0.3, -0.25) is 9.78 Å². The third-order valence-electron chi connectivity index (χ3n) is 3.32. The van der Waals surface area contributed by atoms with Crippen LogP contribution in [0.2, 0.25) is 0 Å². The van der Waals surface area contributed by atoms with Gasteiger partial charge >= 0.3 is 5.69 Å². The Kier molecular flexibility index (Phi) is 3.70. The van der Waals surface area contributed by atoms with Gasteiger partial charge in [-0.1, -0.05) is 42.5 Å². The standard InChI is InChI=1S/C15H12BrN3O2/c16-13-14(20)17-15(21)19(18-13)9-8-11-6-3-5-10-4-1-2-7-12(10)11/h1-7H,8-9H2,(H,17,20,21). The minimum Gasteiger partial charge on any atom is -0.270 e. The van der Waals surface area contributed by atoms with E-state index in [0.717, 1.165) is 16.3 Å². The number of benzene rings is 2. The van der Waals surface area contributed by atoms with Crippen molar-refractivity contribution in [2.24, 2.45) is 0 Å². The Morgan fingerprint density at radius 3 is 2.71 bits per heavy atom. The highest BCUT2D eigenvalue weighted by Gasteiger charge is 2.05. The first kappa shape index (κ1) is 13.8. The lowest BCUT2D eigenvalue weighted by Crippen LogP contribution is -2.33. The van der Waals surface area contributed by atoms with Crippen molar-refractivity contribution in [2.75, 3.05) is 0 Å². The highest BCUT2D eigenvalue weighted by molar-refractivity contribution is 9.10. The maximum absolute atomic E-state index is 11.7. The van der Waals surface area contributed by atoms with Gasteiger partial charge in [0.2, 0.25) is 0 Å². The van der Waals surface area contributed by atoms with Gasteiger partial charge in [0, 0.05) is 0 Å². The van der Waals surface area contributed by atoms with Crippen LogP contribution in [0.1, 0.15) is 5.56 Å². The van der Waals surface area contributed by atoms with E-state index in [1.54, 1.807) is 0 Å². The van der Waals surface area contributed by atoms with E-state index in [1.807, 2.05) is 24.3 Å². The highest BCUT2D eigenvalue weighted by Crippen LogP contribution is 2.19. The molecule has 0 aliphatic rings. The predicted molar refractivity (Wildman–Crippen MR) is 84.5 cm³/mol. The van der Waals surface area contributed by atoms with Crippen LogP contribution in [0.5, 0.6) is 0 Å². The molecule has 0 saturated heterocycles. The molecular weight excluding hydrogens is 334 g/mol. The van der Waals surface area contributed by atoms with E-state index in [4.69, 9.17) is 0 Å². The van der Waals surface area contributed by atoms with Crippen LogP contribution in [0.4, 0.5) is 0 Å². The Balaban J connectivity index is 1.92. The number of nitrogens with one attached hydrogen (secondary N) is 1. The summed E-state index contributed by atoms with van der Waals surface area (Å²) in [6.07, 6.45) is 0.659. The van der Waals surface area contributed by atoms with E-state index in [-0.39, 0.29) is 4.60 Å². The van der Waals surface area contributed by atoms with Crippen molar-refractivity contribution >= 4 is 26.7 Å². The number of aromatic nitrogens is 3. The lowest BCUT2D eigenvalue weighted by molar-refractivity contribution is 0.549. The van der Waals surface area contributed by atoms with Crippen LogP contribution >= 0.6 is 15.9 Å². The molecule has 0 fully saturated rings. The molecule has 0 aliphatic carbocycles. The molecule has 0 saturated carbocycles. The van der Waals surface area contributed by atoms with E-state index in [0.29, 0.717) is 13.0 Å². The number of H-pyrrole nitrogens is 1.